The fourth-order valence-electron chi connectivity index (χ4n) is 2.87. The standard InChI is InChI=1S/C17H24N2O4/c1-16(2,3)23-15(21)19-17(14(20)22-4)9-8-11-6-5-7-13(18)12(11)10-17/h5-7H,8-10,18H2,1-4H3,(H,19,21). The summed E-state index contributed by atoms with van der Waals surface area (Å²) in [6, 6.07) is 5.67. The van der Waals surface area contributed by atoms with E-state index in [1.165, 1.54) is 7.11 Å². The Morgan fingerprint density at radius 2 is 2.00 bits per heavy atom. The Morgan fingerprint density at radius 3 is 2.61 bits per heavy atom. The molecule has 23 heavy (non-hydrogen) atoms. The SMILES string of the molecule is COC(=O)C1(NC(=O)OC(C)(C)C)CCc2cccc(N)c2C1. The van der Waals surface area contributed by atoms with Crippen molar-refractivity contribution in [2.75, 3.05) is 12.8 Å². The number of aryl methyl sites for hydroxylation is 1. The average Bonchev–Trinajstić information content (AvgIpc) is 2.45. The fraction of sp³-hybridized carbons (Fsp3) is 0.529. The zero-order chi connectivity index (χ0) is 17.3. The van der Waals surface area contributed by atoms with E-state index in [1.807, 2.05) is 12.1 Å². The molecule has 0 aliphatic heterocycles. The number of ether oxygens (including phenoxy) is 2. The maximum absolute atomic E-state index is 12.4. The van der Waals surface area contributed by atoms with Crippen molar-refractivity contribution in [3.05, 3.63) is 29.3 Å². The minimum absolute atomic E-state index is 0.293. The molecule has 0 saturated heterocycles. The van der Waals surface area contributed by atoms with Gasteiger partial charge in [-0.15, -0.1) is 0 Å². The number of hydrogen-bond donors (Lipinski definition) is 2. The van der Waals surface area contributed by atoms with Crippen LogP contribution in [0.4, 0.5) is 10.5 Å². The lowest BCUT2D eigenvalue weighted by atomic mass is 9.77. The molecule has 0 spiro atoms. The molecule has 6 nitrogen and oxygen atoms in total. The maximum atomic E-state index is 12.4. The first-order valence-corrected chi connectivity index (χ1v) is 7.63. The molecular weight excluding hydrogens is 296 g/mol. The van der Waals surface area contributed by atoms with Crippen molar-refractivity contribution in [3.8, 4) is 0 Å². The summed E-state index contributed by atoms with van der Waals surface area (Å²) >= 11 is 0. The third-order valence-electron chi connectivity index (χ3n) is 3.93. The average molecular weight is 320 g/mol. The largest absolute Gasteiger partial charge is 0.467 e. The zero-order valence-electron chi connectivity index (χ0n) is 14.1. The van der Waals surface area contributed by atoms with Gasteiger partial charge in [-0.2, -0.15) is 0 Å². The highest BCUT2D eigenvalue weighted by Crippen LogP contribution is 2.33. The second-order valence-corrected chi connectivity index (χ2v) is 6.86. The van der Waals surface area contributed by atoms with E-state index < -0.39 is 23.2 Å². The van der Waals surface area contributed by atoms with Crippen LogP contribution in [0, 0.1) is 0 Å². The summed E-state index contributed by atoms with van der Waals surface area (Å²) in [5.74, 6) is -0.489. The van der Waals surface area contributed by atoms with E-state index >= 15 is 0 Å². The van der Waals surface area contributed by atoms with Crippen molar-refractivity contribution < 1.29 is 19.1 Å². The van der Waals surface area contributed by atoms with Crippen LogP contribution >= 0.6 is 0 Å². The molecule has 6 heteroatoms. The number of anilines is 1. The predicted octanol–water partition coefficient (Wildman–Crippen LogP) is 2.19. The number of rotatable bonds is 2. The molecule has 1 atom stereocenters. The first-order valence-electron chi connectivity index (χ1n) is 7.63. The Hall–Kier alpha value is -2.24. The summed E-state index contributed by atoms with van der Waals surface area (Å²) in [5.41, 5.74) is 6.82. The molecule has 1 aliphatic rings. The monoisotopic (exact) mass is 320 g/mol. The number of alkyl carbamates (subject to hydrolysis) is 1. The van der Waals surface area contributed by atoms with Crippen LogP contribution in [0.1, 0.15) is 38.3 Å². The van der Waals surface area contributed by atoms with Gasteiger partial charge in [0, 0.05) is 12.1 Å². The van der Waals surface area contributed by atoms with Crippen LogP contribution in [-0.4, -0.2) is 30.3 Å². The van der Waals surface area contributed by atoms with E-state index in [2.05, 4.69) is 5.32 Å². The number of benzene rings is 1. The second kappa shape index (κ2) is 6.10. The van der Waals surface area contributed by atoms with Crippen molar-refractivity contribution in [2.45, 2.75) is 51.2 Å². The Kier molecular flexibility index (Phi) is 4.54. The quantitative estimate of drug-likeness (QED) is 0.644. The number of carbonyl (C=O) groups excluding carboxylic acids is 2. The maximum Gasteiger partial charge on any atom is 0.408 e. The second-order valence-electron chi connectivity index (χ2n) is 6.86. The van der Waals surface area contributed by atoms with E-state index in [1.54, 1.807) is 26.8 Å². The highest BCUT2D eigenvalue weighted by molar-refractivity contribution is 5.87. The van der Waals surface area contributed by atoms with E-state index in [4.69, 9.17) is 15.2 Å². The Balaban J connectivity index is 2.30. The van der Waals surface area contributed by atoms with Gasteiger partial charge in [-0.3, -0.25) is 0 Å². The van der Waals surface area contributed by atoms with Gasteiger partial charge < -0.3 is 20.5 Å². The van der Waals surface area contributed by atoms with Crippen LogP contribution in [0.3, 0.4) is 0 Å². The molecule has 0 fully saturated rings. The van der Waals surface area contributed by atoms with E-state index in [0.717, 1.165) is 11.1 Å². The van der Waals surface area contributed by atoms with E-state index in [-0.39, 0.29) is 0 Å². The number of carbonyl (C=O) groups is 2. The van der Waals surface area contributed by atoms with Crippen molar-refractivity contribution >= 4 is 17.7 Å². The van der Waals surface area contributed by atoms with Crippen molar-refractivity contribution in [2.24, 2.45) is 0 Å². The number of methoxy groups -OCH3 is 1. The van der Waals surface area contributed by atoms with Crippen LogP contribution in [0.5, 0.6) is 0 Å². The van der Waals surface area contributed by atoms with Crippen LogP contribution in [0.25, 0.3) is 0 Å². The van der Waals surface area contributed by atoms with Gasteiger partial charge in [0.2, 0.25) is 0 Å². The Labute approximate surface area is 136 Å². The molecule has 0 radical (unpaired) electrons. The summed E-state index contributed by atoms with van der Waals surface area (Å²) in [6.45, 7) is 5.31. The van der Waals surface area contributed by atoms with Crippen molar-refractivity contribution in [1.29, 1.82) is 0 Å². The summed E-state index contributed by atoms with van der Waals surface area (Å²) in [7, 11) is 1.31. The topological polar surface area (TPSA) is 90.6 Å². The highest BCUT2D eigenvalue weighted by Gasteiger charge is 2.45. The lowest BCUT2D eigenvalue weighted by Crippen LogP contribution is -2.59. The third kappa shape index (κ3) is 3.75. The predicted molar refractivity (Wildman–Crippen MR) is 87.0 cm³/mol. The molecule has 1 amide bonds. The summed E-state index contributed by atoms with van der Waals surface area (Å²) < 4.78 is 10.2. The molecule has 1 aliphatic carbocycles. The molecule has 1 aromatic carbocycles. The minimum atomic E-state index is -1.15. The zero-order valence-corrected chi connectivity index (χ0v) is 14.1. The third-order valence-corrected chi connectivity index (χ3v) is 3.93. The lowest BCUT2D eigenvalue weighted by Gasteiger charge is -2.37. The number of nitrogen functional groups attached to an aromatic ring is 1. The van der Waals surface area contributed by atoms with Gasteiger partial charge in [0.05, 0.1) is 7.11 Å². The van der Waals surface area contributed by atoms with Crippen LogP contribution in [-0.2, 0) is 27.1 Å². The smallest absolute Gasteiger partial charge is 0.408 e. The van der Waals surface area contributed by atoms with Crippen molar-refractivity contribution in [1.82, 2.24) is 5.32 Å². The van der Waals surface area contributed by atoms with Gasteiger partial charge in [0.25, 0.3) is 0 Å². The molecule has 1 aromatic rings. The van der Waals surface area contributed by atoms with E-state index in [9.17, 15) is 9.59 Å². The van der Waals surface area contributed by atoms with E-state index in [0.29, 0.717) is 24.9 Å². The lowest BCUT2D eigenvalue weighted by molar-refractivity contribution is -0.149. The molecule has 126 valence electrons. The molecule has 0 saturated carbocycles. The Morgan fingerprint density at radius 1 is 1.30 bits per heavy atom. The van der Waals surface area contributed by atoms with Crippen molar-refractivity contribution in [3.63, 3.8) is 0 Å². The number of nitrogens with one attached hydrogen (secondary N) is 1. The number of fused-ring (bicyclic) bond motifs is 1. The molecule has 3 N–H and O–H groups in total. The minimum Gasteiger partial charge on any atom is -0.467 e. The van der Waals surface area contributed by atoms with Gasteiger partial charge >= 0.3 is 12.1 Å². The number of nitrogens with two attached hydrogens (primary N) is 1. The summed E-state index contributed by atoms with van der Waals surface area (Å²) in [6.07, 6.45) is 0.725. The first-order chi connectivity index (χ1) is 10.7. The van der Waals surface area contributed by atoms with Gasteiger partial charge in [-0.05, 0) is 50.8 Å². The molecule has 1 unspecified atom stereocenters. The normalized spacial score (nSPS) is 20.3. The molecule has 0 bridgehead atoms. The summed E-state index contributed by atoms with van der Waals surface area (Å²) in [4.78, 5) is 24.6. The molecule has 0 aromatic heterocycles. The van der Waals surface area contributed by atoms with Gasteiger partial charge in [0.1, 0.15) is 11.1 Å². The Bertz CT molecular complexity index is 622. The van der Waals surface area contributed by atoms with Gasteiger partial charge in [-0.25, -0.2) is 9.59 Å². The molecule has 2 rings (SSSR count). The van der Waals surface area contributed by atoms with Crippen LogP contribution in [0.2, 0.25) is 0 Å². The fourth-order valence-corrected chi connectivity index (χ4v) is 2.87. The first kappa shape index (κ1) is 17.1. The van der Waals surface area contributed by atoms with Gasteiger partial charge in [0.15, 0.2) is 0 Å². The number of esters is 1. The molecular formula is C17H24N2O4. The van der Waals surface area contributed by atoms with Gasteiger partial charge in [-0.1, -0.05) is 12.1 Å². The summed E-state index contributed by atoms with van der Waals surface area (Å²) in [5, 5.41) is 2.72. The molecule has 0 heterocycles. The van der Waals surface area contributed by atoms with Crippen LogP contribution < -0.4 is 11.1 Å². The number of hydrogen-bond acceptors (Lipinski definition) is 5. The number of amides is 1. The highest BCUT2D eigenvalue weighted by atomic mass is 16.6. The van der Waals surface area contributed by atoms with Crippen LogP contribution in [0.15, 0.2) is 18.2 Å².